The fourth-order valence-corrected chi connectivity index (χ4v) is 7.63. The molecule has 0 aliphatic heterocycles. The Hall–Kier alpha value is -1.53. The van der Waals surface area contributed by atoms with Crippen LogP contribution in [0.25, 0.3) is 0 Å². The third-order valence-corrected chi connectivity index (χ3v) is 9.26. The molecular weight excluding hydrogens is 435 g/mol. The maximum atomic E-state index is 17.2. The number of hydrogen-bond donors (Lipinski definition) is 1. The molecule has 3 fully saturated rings. The van der Waals surface area contributed by atoms with Gasteiger partial charge in [-0.25, -0.2) is 4.39 Å². The van der Waals surface area contributed by atoms with Crippen molar-refractivity contribution < 1.29 is 28.6 Å². The van der Waals surface area contributed by atoms with Crippen LogP contribution >= 0.6 is 11.6 Å². The number of hydrogen-bond acceptors (Lipinski definition) is 5. The molecule has 0 aromatic rings. The standard InChI is InChI=1S/C25H31ClFO5/c1-5-21(31)32-25(20(30)13-26)14(2)10-18-17-7-6-15-11-16(28)8-9-22(15,3)24(17,27)19(29)12-23(18,25)4/h8-9,11-12,14,17-19,29H,5-7,10,13H2,1-4H3. The number of rotatable bonds is 4. The third-order valence-electron chi connectivity index (χ3n) is 9.02. The maximum Gasteiger partial charge on any atom is 0.306 e. The number of carbonyl (C=O) groups is 3. The van der Waals surface area contributed by atoms with Gasteiger partial charge in [-0.1, -0.05) is 32.4 Å². The second-order valence-corrected chi connectivity index (χ2v) is 10.5. The highest BCUT2D eigenvalue weighted by Gasteiger charge is 2.77. The Morgan fingerprint density at radius 3 is 2.62 bits per heavy atom. The van der Waals surface area contributed by atoms with Gasteiger partial charge in [0.15, 0.2) is 22.8 Å². The van der Waals surface area contributed by atoms with Crippen LogP contribution in [-0.2, 0) is 19.1 Å². The number of ketones is 2. The molecule has 3 saturated carbocycles. The first-order valence-electron chi connectivity index (χ1n) is 11.4. The Morgan fingerprint density at radius 1 is 1.31 bits per heavy atom. The highest BCUT2D eigenvalue weighted by molar-refractivity contribution is 6.29. The summed E-state index contributed by atoms with van der Waals surface area (Å²) in [6, 6.07) is 0. The average Bonchev–Trinajstić information content (AvgIpc) is 2.96. The van der Waals surface area contributed by atoms with E-state index < -0.39 is 51.8 Å². The number of Topliss-reactive ketones (excluding diaryl/α,β-unsaturated/α-hetero) is 1. The summed E-state index contributed by atoms with van der Waals surface area (Å²) in [5, 5.41) is 11.3. The molecule has 0 heterocycles. The summed E-state index contributed by atoms with van der Waals surface area (Å²) in [6.45, 7) is 7.02. The van der Waals surface area contributed by atoms with Gasteiger partial charge >= 0.3 is 5.97 Å². The molecule has 4 aliphatic rings. The zero-order chi connectivity index (χ0) is 23.7. The van der Waals surface area contributed by atoms with Gasteiger partial charge in [-0.05, 0) is 44.3 Å². The molecule has 32 heavy (non-hydrogen) atoms. The zero-order valence-electron chi connectivity index (χ0n) is 19.0. The largest absolute Gasteiger partial charge is 0.450 e. The Bertz CT molecular complexity index is 929. The lowest BCUT2D eigenvalue weighted by Gasteiger charge is -2.62. The Kier molecular flexibility index (Phi) is 5.53. The number of alkyl halides is 2. The molecule has 0 bridgehead atoms. The number of fused-ring (bicyclic) bond motifs is 5. The van der Waals surface area contributed by atoms with Crippen LogP contribution < -0.4 is 0 Å². The molecule has 8 atom stereocenters. The van der Waals surface area contributed by atoms with Crippen LogP contribution in [0.3, 0.4) is 0 Å². The summed E-state index contributed by atoms with van der Waals surface area (Å²) in [6.07, 6.45) is 5.93. The van der Waals surface area contributed by atoms with Gasteiger partial charge in [0.1, 0.15) is 0 Å². The van der Waals surface area contributed by atoms with Crippen molar-refractivity contribution in [2.45, 2.75) is 70.8 Å². The SMILES string of the molecule is CCC(=O)OC1(C(=O)CCl)C(C)CC2C3CCC4=CC(=O)C=CC4(C)C3(F)C(O)[CH]C21C. The van der Waals surface area contributed by atoms with Crippen molar-refractivity contribution in [1.82, 2.24) is 0 Å². The van der Waals surface area contributed by atoms with Crippen LogP contribution in [0.5, 0.6) is 0 Å². The van der Waals surface area contributed by atoms with Crippen molar-refractivity contribution in [3.8, 4) is 0 Å². The summed E-state index contributed by atoms with van der Waals surface area (Å²) >= 11 is 5.99. The third kappa shape index (κ3) is 2.68. The first kappa shape index (κ1) is 23.6. The lowest BCUT2D eigenvalue weighted by atomic mass is 9.44. The van der Waals surface area contributed by atoms with Crippen molar-refractivity contribution in [1.29, 1.82) is 0 Å². The summed E-state index contributed by atoms with van der Waals surface area (Å²) < 4.78 is 23.0. The van der Waals surface area contributed by atoms with Gasteiger partial charge in [-0.3, -0.25) is 14.4 Å². The molecule has 0 amide bonds. The van der Waals surface area contributed by atoms with Crippen LogP contribution in [0, 0.1) is 35.0 Å². The van der Waals surface area contributed by atoms with Crippen LogP contribution in [0.4, 0.5) is 4.39 Å². The number of halogens is 2. The van der Waals surface area contributed by atoms with E-state index in [2.05, 4.69) is 0 Å². The van der Waals surface area contributed by atoms with Crippen LogP contribution in [-0.4, -0.2) is 45.9 Å². The molecule has 4 rings (SSSR count). The van der Waals surface area contributed by atoms with E-state index in [9.17, 15) is 19.5 Å². The minimum absolute atomic E-state index is 0.0921. The number of allylic oxidation sites excluding steroid dienone is 4. The van der Waals surface area contributed by atoms with Gasteiger partial charge in [-0.2, -0.15) is 0 Å². The fraction of sp³-hybridized carbons (Fsp3) is 0.680. The van der Waals surface area contributed by atoms with E-state index in [1.807, 2.05) is 6.92 Å². The van der Waals surface area contributed by atoms with Crippen LogP contribution in [0.2, 0.25) is 0 Å². The first-order chi connectivity index (χ1) is 14.9. The number of esters is 1. The maximum absolute atomic E-state index is 17.2. The quantitative estimate of drug-likeness (QED) is 0.502. The number of aliphatic hydroxyl groups is 1. The molecule has 0 aromatic heterocycles. The van der Waals surface area contributed by atoms with E-state index >= 15 is 4.39 Å². The summed E-state index contributed by atoms with van der Waals surface area (Å²) in [5.74, 6) is -2.77. The fourth-order valence-electron chi connectivity index (χ4n) is 7.43. The molecule has 0 saturated heterocycles. The van der Waals surface area contributed by atoms with E-state index in [0.29, 0.717) is 24.8 Å². The molecule has 8 unspecified atom stereocenters. The van der Waals surface area contributed by atoms with Crippen molar-refractivity contribution >= 4 is 29.1 Å². The van der Waals surface area contributed by atoms with Crippen molar-refractivity contribution in [2.75, 3.05) is 5.88 Å². The van der Waals surface area contributed by atoms with Gasteiger partial charge in [0.2, 0.25) is 0 Å². The van der Waals surface area contributed by atoms with Gasteiger partial charge in [0.25, 0.3) is 0 Å². The first-order valence-corrected chi connectivity index (χ1v) is 11.9. The van der Waals surface area contributed by atoms with E-state index in [1.54, 1.807) is 26.8 Å². The lowest BCUT2D eigenvalue weighted by Crippen LogP contribution is -2.70. The summed E-state index contributed by atoms with van der Waals surface area (Å²) in [5.41, 5.74) is -5.12. The Balaban J connectivity index is 1.85. The molecule has 0 aromatic carbocycles. The van der Waals surface area contributed by atoms with Gasteiger partial charge in [0, 0.05) is 35.5 Å². The number of carbonyl (C=O) groups excluding carboxylic acids is 3. The van der Waals surface area contributed by atoms with E-state index in [0.717, 1.165) is 0 Å². The van der Waals surface area contributed by atoms with Gasteiger partial charge < -0.3 is 9.84 Å². The van der Waals surface area contributed by atoms with Crippen molar-refractivity contribution in [3.05, 3.63) is 30.2 Å². The van der Waals surface area contributed by atoms with Crippen LogP contribution in [0.1, 0.15) is 53.4 Å². The van der Waals surface area contributed by atoms with Gasteiger partial charge in [0.05, 0.1) is 12.0 Å². The van der Waals surface area contributed by atoms with Gasteiger partial charge in [-0.15, -0.1) is 11.6 Å². The molecule has 0 spiro atoms. The topological polar surface area (TPSA) is 80.7 Å². The number of ether oxygens (including phenoxy) is 1. The smallest absolute Gasteiger partial charge is 0.306 e. The molecular formula is C25H31ClFO5. The lowest BCUT2D eigenvalue weighted by molar-refractivity contribution is -0.205. The van der Waals surface area contributed by atoms with E-state index in [4.69, 9.17) is 16.3 Å². The van der Waals surface area contributed by atoms with Crippen LogP contribution in [0.15, 0.2) is 23.8 Å². The minimum atomic E-state index is -2.05. The molecule has 5 nitrogen and oxygen atoms in total. The van der Waals surface area contributed by atoms with E-state index in [-0.39, 0.29) is 24.0 Å². The van der Waals surface area contributed by atoms with Crippen molar-refractivity contribution in [3.63, 3.8) is 0 Å². The monoisotopic (exact) mass is 465 g/mol. The molecule has 1 radical (unpaired) electrons. The average molecular weight is 466 g/mol. The highest BCUT2D eigenvalue weighted by atomic mass is 35.5. The zero-order valence-corrected chi connectivity index (χ0v) is 19.7. The molecule has 4 aliphatic carbocycles. The van der Waals surface area contributed by atoms with Crippen molar-refractivity contribution in [2.24, 2.45) is 28.6 Å². The summed E-state index contributed by atoms with van der Waals surface area (Å²) in [4.78, 5) is 37.7. The normalized spacial score (nSPS) is 47.2. The molecule has 175 valence electrons. The Morgan fingerprint density at radius 2 is 2.00 bits per heavy atom. The molecule has 7 heteroatoms. The van der Waals surface area contributed by atoms with E-state index in [1.165, 1.54) is 18.6 Å². The minimum Gasteiger partial charge on any atom is -0.450 e. The highest BCUT2D eigenvalue weighted by Crippen LogP contribution is 2.71. The Labute approximate surface area is 193 Å². The predicted molar refractivity (Wildman–Crippen MR) is 117 cm³/mol. The molecule has 1 N–H and O–H groups in total. The second-order valence-electron chi connectivity index (χ2n) is 10.3. The predicted octanol–water partition coefficient (Wildman–Crippen LogP) is 3.92. The second kappa shape index (κ2) is 7.49. The number of aliphatic hydroxyl groups excluding tert-OH is 1. The summed E-state index contributed by atoms with van der Waals surface area (Å²) in [7, 11) is 0.